The standard InChI is InChI=1S/C20H25N3O3/c1-14-4-3-9-23(14)19(24)13-22-10-7-15(12-22)21-20(25)17-5-2-6-18-16(17)8-11-26-18/h2,5-6,8,11,14-15H,3-4,7,9-10,12-13H2,1H3,(H,21,25)/t14-,15+/m1/s1. The Bertz CT molecular complexity index is 815. The first-order valence-corrected chi connectivity index (χ1v) is 9.41. The Morgan fingerprint density at radius 3 is 2.92 bits per heavy atom. The average molecular weight is 355 g/mol. The molecule has 3 heterocycles. The van der Waals surface area contributed by atoms with Crippen LogP contribution >= 0.6 is 0 Å². The lowest BCUT2D eigenvalue weighted by atomic mass is 10.1. The van der Waals surface area contributed by atoms with Crippen LogP contribution in [0, 0.1) is 0 Å². The smallest absolute Gasteiger partial charge is 0.252 e. The van der Waals surface area contributed by atoms with E-state index >= 15 is 0 Å². The number of carbonyl (C=O) groups excluding carboxylic acids is 2. The minimum absolute atomic E-state index is 0.0773. The number of nitrogens with one attached hydrogen (secondary N) is 1. The molecule has 6 heteroatoms. The van der Waals surface area contributed by atoms with Crippen molar-refractivity contribution in [2.24, 2.45) is 0 Å². The van der Waals surface area contributed by atoms with Gasteiger partial charge < -0.3 is 14.6 Å². The Kier molecular flexibility index (Phi) is 4.68. The summed E-state index contributed by atoms with van der Waals surface area (Å²) in [6.45, 7) is 5.01. The van der Waals surface area contributed by atoms with Crippen LogP contribution in [-0.4, -0.2) is 59.9 Å². The molecule has 2 atom stereocenters. The molecule has 1 aromatic heterocycles. The molecule has 1 N–H and O–H groups in total. The van der Waals surface area contributed by atoms with Crippen LogP contribution < -0.4 is 5.32 Å². The maximum absolute atomic E-state index is 12.6. The molecule has 0 radical (unpaired) electrons. The second-order valence-electron chi connectivity index (χ2n) is 7.41. The summed E-state index contributed by atoms with van der Waals surface area (Å²) in [6.07, 6.45) is 4.68. The molecule has 0 bridgehead atoms. The molecule has 0 aliphatic carbocycles. The molecule has 2 aliphatic rings. The molecule has 2 aromatic rings. The molecular formula is C20H25N3O3. The Balaban J connectivity index is 1.33. The topological polar surface area (TPSA) is 65.8 Å². The van der Waals surface area contributed by atoms with Gasteiger partial charge in [-0.25, -0.2) is 0 Å². The summed E-state index contributed by atoms with van der Waals surface area (Å²) in [6, 6.07) is 7.76. The average Bonchev–Trinajstić information content (AvgIpc) is 3.35. The normalized spacial score (nSPS) is 23.7. The molecule has 4 rings (SSSR count). The minimum atomic E-state index is -0.0802. The number of rotatable bonds is 4. The molecule has 1 aromatic carbocycles. The second kappa shape index (κ2) is 7.11. The van der Waals surface area contributed by atoms with Crippen molar-refractivity contribution in [3.63, 3.8) is 0 Å². The third-order valence-electron chi connectivity index (χ3n) is 5.58. The number of likely N-dealkylation sites (tertiary alicyclic amines) is 2. The first kappa shape index (κ1) is 17.1. The maximum atomic E-state index is 12.6. The van der Waals surface area contributed by atoms with Gasteiger partial charge in [-0.1, -0.05) is 6.07 Å². The van der Waals surface area contributed by atoms with E-state index in [1.807, 2.05) is 29.2 Å². The van der Waals surface area contributed by atoms with Crippen molar-refractivity contribution in [3.8, 4) is 0 Å². The molecular weight excluding hydrogens is 330 g/mol. The predicted molar refractivity (Wildman–Crippen MR) is 98.9 cm³/mol. The van der Waals surface area contributed by atoms with Gasteiger partial charge in [0.25, 0.3) is 5.91 Å². The first-order valence-electron chi connectivity index (χ1n) is 9.41. The summed E-state index contributed by atoms with van der Waals surface area (Å²) >= 11 is 0. The Labute approximate surface area is 153 Å². The highest BCUT2D eigenvalue weighted by molar-refractivity contribution is 6.06. The molecule has 0 saturated carbocycles. The van der Waals surface area contributed by atoms with Gasteiger partial charge >= 0.3 is 0 Å². The van der Waals surface area contributed by atoms with Crippen LogP contribution in [0.5, 0.6) is 0 Å². The largest absolute Gasteiger partial charge is 0.464 e. The quantitative estimate of drug-likeness (QED) is 0.914. The highest BCUT2D eigenvalue weighted by Crippen LogP contribution is 2.21. The lowest BCUT2D eigenvalue weighted by Crippen LogP contribution is -2.42. The number of carbonyl (C=O) groups is 2. The Hall–Kier alpha value is -2.34. The Morgan fingerprint density at radius 2 is 2.12 bits per heavy atom. The van der Waals surface area contributed by atoms with Crippen molar-refractivity contribution in [3.05, 3.63) is 36.1 Å². The van der Waals surface area contributed by atoms with E-state index in [1.54, 1.807) is 6.26 Å². The zero-order valence-corrected chi connectivity index (χ0v) is 15.1. The van der Waals surface area contributed by atoms with Crippen molar-refractivity contribution < 1.29 is 14.0 Å². The van der Waals surface area contributed by atoms with Gasteiger partial charge in [0.1, 0.15) is 5.58 Å². The molecule has 26 heavy (non-hydrogen) atoms. The molecule has 2 fully saturated rings. The highest BCUT2D eigenvalue weighted by Gasteiger charge is 2.30. The van der Waals surface area contributed by atoms with Gasteiger partial charge in [0.05, 0.1) is 18.4 Å². The van der Waals surface area contributed by atoms with Gasteiger partial charge in [-0.3, -0.25) is 14.5 Å². The fourth-order valence-corrected chi connectivity index (χ4v) is 4.14. The van der Waals surface area contributed by atoms with Crippen molar-refractivity contribution in [2.45, 2.75) is 38.3 Å². The summed E-state index contributed by atoms with van der Waals surface area (Å²) in [5, 5.41) is 3.94. The molecule has 2 saturated heterocycles. The number of amides is 2. The highest BCUT2D eigenvalue weighted by atomic mass is 16.3. The van der Waals surface area contributed by atoms with Crippen molar-refractivity contribution >= 4 is 22.8 Å². The van der Waals surface area contributed by atoms with E-state index in [4.69, 9.17) is 4.42 Å². The fraction of sp³-hybridized carbons (Fsp3) is 0.500. The van der Waals surface area contributed by atoms with E-state index < -0.39 is 0 Å². The van der Waals surface area contributed by atoms with Crippen LogP contribution in [0.2, 0.25) is 0 Å². The van der Waals surface area contributed by atoms with Crippen molar-refractivity contribution in [1.29, 1.82) is 0 Å². The molecule has 138 valence electrons. The molecule has 6 nitrogen and oxygen atoms in total. The van der Waals surface area contributed by atoms with Gasteiger partial charge in [-0.2, -0.15) is 0 Å². The van der Waals surface area contributed by atoms with E-state index in [0.29, 0.717) is 18.2 Å². The van der Waals surface area contributed by atoms with Crippen LogP contribution in [0.3, 0.4) is 0 Å². The number of hydrogen-bond acceptors (Lipinski definition) is 4. The third kappa shape index (κ3) is 3.33. The van der Waals surface area contributed by atoms with Gasteiger partial charge in [-0.05, 0) is 44.4 Å². The monoisotopic (exact) mass is 355 g/mol. The van der Waals surface area contributed by atoms with E-state index in [-0.39, 0.29) is 17.9 Å². The third-order valence-corrected chi connectivity index (χ3v) is 5.58. The van der Waals surface area contributed by atoms with Crippen LogP contribution in [0.15, 0.2) is 34.9 Å². The number of furan rings is 1. The Morgan fingerprint density at radius 1 is 1.23 bits per heavy atom. The second-order valence-corrected chi connectivity index (χ2v) is 7.41. The van der Waals surface area contributed by atoms with Crippen LogP contribution in [0.1, 0.15) is 36.5 Å². The molecule has 0 spiro atoms. The maximum Gasteiger partial charge on any atom is 0.252 e. The van der Waals surface area contributed by atoms with Crippen LogP contribution in [0.25, 0.3) is 11.0 Å². The zero-order valence-electron chi connectivity index (χ0n) is 15.1. The van der Waals surface area contributed by atoms with Gasteiger partial charge in [0.2, 0.25) is 5.91 Å². The van der Waals surface area contributed by atoms with E-state index in [1.165, 1.54) is 0 Å². The molecule has 0 unspecified atom stereocenters. The number of fused-ring (bicyclic) bond motifs is 1. The van der Waals surface area contributed by atoms with Crippen LogP contribution in [-0.2, 0) is 4.79 Å². The number of hydrogen-bond donors (Lipinski definition) is 1. The summed E-state index contributed by atoms with van der Waals surface area (Å²) in [7, 11) is 0. The van der Waals surface area contributed by atoms with Crippen LogP contribution in [0.4, 0.5) is 0 Å². The summed E-state index contributed by atoms with van der Waals surface area (Å²) in [5.74, 6) is 0.133. The summed E-state index contributed by atoms with van der Waals surface area (Å²) in [5.41, 5.74) is 1.35. The summed E-state index contributed by atoms with van der Waals surface area (Å²) < 4.78 is 5.37. The van der Waals surface area contributed by atoms with E-state index in [2.05, 4.69) is 17.1 Å². The molecule has 2 aliphatic heterocycles. The van der Waals surface area contributed by atoms with Gasteiger partial charge in [-0.15, -0.1) is 0 Å². The predicted octanol–water partition coefficient (Wildman–Crippen LogP) is 2.25. The zero-order chi connectivity index (χ0) is 18.1. The lowest BCUT2D eigenvalue weighted by molar-refractivity contribution is -0.132. The minimum Gasteiger partial charge on any atom is -0.464 e. The number of benzene rings is 1. The van der Waals surface area contributed by atoms with E-state index in [9.17, 15) is 9.59 Å². The van der Waals surface area contributed by atoms with Crippen molar-refractivity contribution in [2.75, 3.05) is 26.2 Å². The fourth-order valence-electron chi connectivity index (χ4n) is 4.14. The lowest BCUT2D eigenvalue weighted by Gasteiger charge is -2.24. The van der Waals surface area contributed by atoms with E-state index in [0.717, 1.165) is 49.9 Å². The van der Waals surface area contributed by atoms with Crippen molar-refractivity contribution in [1.82, 2.24) is 15.1 Å². The first-order chi connectivity index (χ1) is 12.6. The molecule has 2 amide bonds. The summed E-state index contributed by atoms with van der Waals surface area (Å²) in [4.78, 5) is 29.3. The number of nitrogens with zero attached hydrogens (tertiary/aromatic N) is 2. The van der Waals surface area contributed by atoms with Gasteiger partial charge in [0, 0.05) is 37.1 Å². The SMILES string of the molecule is C[C@@H]1CCCN1C(=O)CN1CC[C@H](NC(=O)c2cccc3occc23)C1. The van der Waals surface area contributed by atoms with Gasteiger partial charge in [0.15, 0.2) is 0 Å².